The van der Waals surface area contributed by atoms with Gasteiger partial charge in [0.2, 0.25) is 0 Å². The average Bonchev–Trinajstić information content (AvgIpc) is 2.35. The molecule has 0 aliphatic heterocycles. The third-order valence-corrected chi connectivity index (χ3v) is 1.95. The maximum atomic E-state index is 4.26. The van der Waals surface area contributed by atoms with E-state index in [1.54, 1.807) is 0 Å². The molecule has 0 bridgehead atoms. The highest BCUT2D eigenvalue weighted by molar-refractivity contribution is 5.48. The van der Waals surface area contributed by atoms with Crippen molar-refractivity contribution in [3.8, 4) is 0 Å². The summed E-state index contributed by atoms with van der Waals surface area (Å²) < 4.78 is 2.09. The van der Waals surface area contributed by atoms with Gasteiger partial charge in [-0.15, -0.1) is 0 Å². The molecule has 2 heterocycles. The van der Waals surface area contributed by atoms with Crippen molar-refractivity contribution in [2.45, 2.75) is 13.8 Å². The zero-order chi connectivity index (χ0) is 7.84. The van der Waals surface area contributed by atoms with Gasteiger partial charge in [-0.1, -0.05) is 0 Å². The van der Waals surface area contributed by atoms with Gasteiger partial charge in [0.05, 0.1) is 0 Å². The third-order valence-electron chi connectivity index (χ3n) is 1.95. The van der Waals surface area contributed by atoms with Gasteiger partial charge in [0, 0.05) is 18.1 Å². The molecule has 2 aromatic rings. The lowest BCUT2D eigenvalue weighted by Gasteiger charge is -1.97. The highest BCUT2D eigenvalue weighted by Crippen LogP contribution is 2.09. The van der Waals surface area contributed by atoms with E-state index in [9.17, 15) is 0 Å². The Bertz CT molecular complexity index is 387. The number of aryl methyl sites for hydroxylation is 2. The molecule has 11 heavy (non-hydrogen) atoms. The molecule has 0 fully saturated rings. The molecule has 0 aromatic carbocycles. The molecular weight excluding hydrogens is 136 g/mol. The van der Waals surface area contributed by atoms with Crippen LogP contribution >= 0.6 is 0 Å². The lowest BCUT2D eigenvalue weighted by atomic mass is 10.4. The second kappa shape index (κ2) is 2.09. The van der Waals surface area contributed by atoms with Crippen molar-refractivity contribution < 1.29 is 0 Å². The van der Waals surface area contributed by atoms with Crippen LogP contribution in [0.15, 0.2) is 24.5 Å². The van der Waals surface area contributed by atoms with Gasteiger partial charge in [-0.2, -0.15) is 0 Å². The molecule has 0 amide bonds. The zero-order valence-electron chi connectivity index (χ0n) is 6.70. The molecule has 56 valence electrons. The van der Waals surface area contributed by atoms with Crippen molar-refractivity contribution in [2.24, 2.45) is 0 Å². The Hall–Kier alpha value is -1.31. The van der Waals surface area contributed by atoms with E-state index in [0.29, 0.717) is 0 Å². The van der Waals surface area contributed by atoms with E-state index in [0.717, 1.165) is 5.65 Å². The summed E-state index contributed by atoms with van der Waals surface area (Å²) in [6.45, 7) is 4.15. The van der Waals surface area contributed by atoms with Crippen molar-refractivity contribution in [3.05, 3.63) is 35.8 Å². The Labute approximate surface area is 65.5 Å². The topological polar surface area (TPSA) is 17.3 Å². The molecule has 0 saturated heterocycles. The Morgan fingerprint density at radius 3 is 2.82 bits per heavy atom. The molecule has 2 rings (SSSR count). The predicted molar refractivity (Wildman–Crippen MR) is 44.7 cm³/mol. The molecule has 2 aromatic heterocycles. The SMILES string of the molecule is Cc1ccn2c(C)ccnc12. The zero-order valence-corrected chi connectivity index (χ0v) is 6.70. The van der Waals surface area contributed by atoms with Crippen molar-refractivity contribution in [1.29, 1.82) is 0 Å². The second-order valence-corrected chi connectivity index (χ2v) is 2.78. The molecule has 0 saturated carbocycles. The number of hydrogen-bond acceptors (Lipinski definition) is 1. The standard InChI is InChI=1S/C9H10N2/c1-7-4-6-11-8(2)3-5-10-9(7)11/h3-6H,1-2H3. The second-order valence-electron chi connectivity index (χ2n) is 2.78. The van der Waals surface area contributed by atoms with Gasteiger partial charge in [-0.25, -0.2) is 4.98 Å². The van der Waals surface area contributed by atoms with Gasteiger partial charge in [0.25, 0.3) is 0 Å². The first-order chi connectivity index (χ1) is 5.29. The number of aromatic nitrogens is 2. The lowest BCUT2D eigenvalue weighted by Crippen LogP contribution is -1.90. The quantitative estimate of drug-likeness (QED) is 0.555. The maximum absolute atomic E-state index is 4.26. The van der Waals surface area contributed by atoms with Crippen LogP contribution < -0.4 is 0 Å². The summed E-state index contributed by atoms with van der Waals surface area (Å²) in [5.41, 5.74) is 3.52. The third kappa shape index (κ3) is 0.827. The van der Waals surface area contributed by atoms with Crippen LogP contribution in [0.3, 0.4) is 0 Å². The van der Waals surface area contributed by atoms with E-state index >= 15 is 0 Å². The van der Waals surface area contributed by atoms with E-state index in [1.165, 1.54) is 11.3 Å². The van der Waals surface area contributed by atoms with Gasteiger partial charge in [-0.05, 0) is 31.5 Å². The van der Waals surface area contributed by atoms with Crippen molar-refractivity contribution in [3.63, 3.8) is 0 Å². The van der Waals surface area contributed by atoms with Gasteiger partial charge in [-0.3, -0.25) is 0 Å². The minimum absolute atomic E-state index is 1.06. The van der Waals surface area contributed by atoms with E-state index in [-0.39, 0.29) is 0 Å². The molecule has 0 aliphatic carbocycles. The first kappa shape index (κ1) is 6.40. The Kier molecular flexibility index (Phi) is 1.22. The average molecular weight is 146 g/mol. The van der Waals surface area contributed by atoms with Crippen LogP contribution in [-0.2, 0) is 0 Å². The van der Waals surface area contributed by atoms with Gasteiger partial charge in [0.1, 0.15) is 5.65 Å². The Morgan fingerprint density at radius 2 is 2.09 bits per heavy atom. The summed E-state index contributed by atoms with van der Waals surface area (Å²) in [4.78, 5) is 4.26. The number of hydrogen-bond donors (Lipinski definition) is 0. The van der Waals surface area contributed by atoms with Crippen LogP contribution in [0.5, 0.6) is 0 Å². The van der Waals surface area contributed by atoms with E-state index in [4.69, 9.17) is 0 Å². The van der Waals surface area contributed by atoms with Gasteiger partial charge < -0.3 is 4.40 Å². The largest absolute Gasteiger partial charge is 0.306 e. The fourth-order valence-corrected chi connectivity index (χ4v) is 1.27. The molecule has 2 heteroatoms. The fraction of sp³-hybridized carbons (Fsp3) is 0.222. The minimum Gasteiger partial charge on any atom is -0.306 e. The van der Waals surface area contributed by atoms with Crippen LogP contribution in [0.2, 0.25) is 0 Å². The van der Waals surface area contributed by atoms with Crippen molar-refractivity contribution in [2.75, 3.05) is 0 Å². The minimum atomic E-state index is 1.06. The molecular formula is C9H10N2. The molecule has 0 N–H and O–H groups in total. The van der Waals surface area contributed by atoms with E-state index < -0.39 is 0 Å². The smallest absolute Gasteiger partial charge is 0.139 e. The normalized spacial score (nSPS) is 10.7. The molecule has 2 nitrogen and oxygen atoms in total. The molecule has 0 atom stereocenters. The van der Waals surface area contributed by atoms with Crippen LogP contribution in [0.1, 0.15) is 11.3 Å². The summed E-state index contributed by atoms with van der Waals surface area (Å²) in [6, 6.07) is 4.09. The monoisotopic (exact) mass is 146 g/mol. The first-order valence-electron chi connectivity index (χ1n) is 3.68. The summed E-state index contributed by atoms with van der Waals surface area (Å²) >= 11 is 0. The maximum Gasteiger partial charge on any atom is 0.139 e. The van der Waals surface area contributed by atoms with Crippen molar-refractivity contribution in [1.82, 2.24) is 9.38 Å². The predicted octanol–water partition coefficient (Wildman–Crippen LogP) is 1.95. The number of fused-ring (bicyclic) bond motifs is 1. The van der Waals surface area contributed by atoms with Crippen LogP contribution in [-0.4, -0.2) is 9.38 Å². The first-order valence-corrected chi connectivity index (χ1v) is 3.68. The Balaban J connectivity index is 2.94. The van der Waals surface area contributed by atoms with Crippen LogP contribution in [0.25, 0.3) is 5.65 Å². The number of rotatable bonds is 0. The van der Waals surface area contributed by atoms with Gasteiger partial charge in [0.15, 0.2) is 0 Å². The van der Waals surface area contributed by atoms with Crippen molar-refractivity contribution >= 4 is 5.65 Å². The summed E-state index contributed by atoms with van der Waals surface area (Å²) in [6.07, 6.45) is 3.89. The van der Waals surface area contributed by atoms with E-state index in [1.807, 2.05) is 18.5 Å². The van der Waals surface area contributed by atoms with Crippen LogP contribution in [0, 0.1) is 13.8 Å². The number of nitrogens with zero attached hydrogens (tertiary/aromatic N) is 2. The molecule has 0 radical (unpaired) electrons. The molecule has 0 unspecified atom stereocenters. The Morgan fingerprint density at radius 1 is 1.27 bits per heavy atom. The summed E-state index contributed by atoms with van der Waals surface area (Å²) in [5.74, 6) is 0. The highest BCUT2D eigenvalue weighted by Gasteiger charge is 1.98. The highest BCUT2D eigenvalue weighted by atomic mass is 15.0. The lowest BCUT2D eigenvalue weighted by molar-refractivity contribution is 1.05. The van der Waals surface area contributed by atoms with Gasteiger partial charge >= 0.3 is 0 Å². The van der Waals surface area contributed by atoms with E-state index in [2.05, 4.69) is 29.3 Å². The summed E-state index contributed by atoms with van der Waals surface area (Å²) in [5, 5.41) is 0. The van der Waals surface area contributed by atoms with Crippen LogP contribution in [0.4, 0.5) is 0 Å². The summed E-state index contributed by atoms with van der Waals surface area (Å²) in [7, 11) is 0. The molecule has 0 spiro atoms. The fourth-order valence-electron chi connectivity index (χ4n) is 1.27. The molecule has 0 aliphatic rings.